The maximum absolute atomic E-state index is 13.1. The van der Waals surface area contributed by atoms with Crippen molar-refractivity contribution >= 4 is 27.5 Å². The number of carbonyl (C=O) groups excluding carboxylic acids is 2. The molecule has 0 bridgehead atoms. The summed E-state index contributed by atoms with van der Waals surface area (Å²) in [6, 6.07) is 4.17. The fourth-order valence-corrected chi connectivity index (χ4v) is 5.74. The van der Waals surface area contributed by atoms with Gasteiger partial charge in [0.1, 0.15) is 6.04 Å². The lowest BCUT2D eigenvalue weighted by atomic mass is 9.95. The molecule has 0 aromatic heterocycles. The third-order valence-corrected chi connectivity index (χ3v) is 7.60. The maximum Gasteiger partial charge on any atom is 0.241 e. The molecule has 1 heterocycles. The molecule has 2 N–H and O–H groups in total. The van der Waals surface area contributed by atoms with E-state index in [0.717, 1.165) is 36.9 Å². The minimum Gasteiger partial charge on any atom is -0.352 e. The highest BCUT2D eigenvalue weighted by Gasteiger charge is 2.30. The van der Waals surface area contributed by atoms with Crippen LogP contribution in [0, 0.1) is 5.92 Å². The Morgan fingerprint density at radius 3 is 2.52 bits per heavy atom. The van der Waals surface area contributed by atoms with Crippen molar-refractivity contribution in [3.63, 3.8) is 0 Å². The Bertz CT molecular complexity index is 907. The third-order valence-electron chi connectivity index (χ3n) is 6.13. The second-order valence-corrected chi connectivity index (χ2v) is 10.8. The van der Waals surface area contributed by atoms with Crippen LogP contribution in [0.25, 0.3) is 0 Å². The predicted octanol–water partition coefficient (Wildman–Crippen LogP) is 3.13. The largest absolute Gasteiger partial charge is 0.352 e. The number of amides is 2. The van der Waals surface area contributed by atoms with Gasteiger partial charge in [0, 0.05) is 24.7 Å². The first-order chi connectivity index (χ1) is 14.7. The summed E-state index contributed by atoms with van der Waals surface area (Å²) in [5, 5.41) is 3.05. The number of fused-ring (bicyclic) bond motifs is 1. The van der Waals surface area contributed by atoms with Gasteiger partial charge in [-0.15, -0.1) is 0 Å². The van der Waals surface area contributed by atoms with Gasteiger partial charge in [-0.3, -0.25) is 9.59 Å². The summed E-state index contributed by atoms with van der Waals surface area (Å²) in [5.74, 6) is -0.0487. The smallest absolute Gasteiger partial charge is 0.241 e. The van der Waals surface area contributed by atoms with Gasteiger partial charge < -0.3 is 10.2 Å². The SMILES string of the molecule is CCC(=O)N1CCc2cc(S(=O)(=O)NC(CC(C)C)C(=O)NC3CCCCC3)ccc21. The van der Waals surface area contributed by atoms with E-state index in [2.05, 4.69) is 10.0 Å². The number of hydrogen-bond acceptors (Lipinski definition) is 4. The molecule has 7 nitrogen and oxygen atoms in total. The van der Waals surface area contributed by atoms with Crippen molar-refractivity contribution in [3.05, 3.63) is 23.8 Å². The molecule has 1 fully saturated rings. The number of anilines is 1. The van der Waals surface area contributed by atoms with Crippen LogP contribution in [-0.2, 0) is 26.0 Å². The second-order valence-electron chi connectivity index (χ2n) is 9.09. The van der Waals surface area contributed by atoms with Gasteiger partial charge >= 0.3 is 0 Å². The van der Waals surface area contributed by atoms with Gasteiger partial charge in [-0.25, -0.2) is 8.42 Å². The summed E-state index contributed by atoms with van der Waals surface area (Å²) in [6.45, 7) is 6.34. The number of rotatable bonds is 8. The number of hydrogen-bond donors (Lipinski definition) is 2. The van der Waals surface area contributed by atoms with E-state index in [1.165, 1.54) is 12.5 Å². The molecule has 2 aliphatic rings. The van der Waals surface area contributed by atoms with Gasteiger partial charge in [0.2, 0.25) is 21.8 Å². The van der Waals surface area contributed by atoms with E-state index < -0.39 is 16.1 Å². The van der Waals surface area contributed by atoms with Crippen LogP contribution in [0.4, 0.5) is 5.69 Å². The summed E-state index contributed by atoms with van der Waals surface area (Å²) >= 11 is 0. The third kappa shape index (κ3) is 5.86. The number of nitrogens with zero attached hydrogens (tertiary/aromatic N) is 1. The second kappa shape index (κ2) is 10.1. The molecule has 0 radical (unpaired) electrons. The molecule has 1 aliphatic heterocycles. The molecular formula is C23H35N3O4S. The molecule has 2 amide bonds. The minimum atomic E-state index is -3.87. The lowest BCUT2D eigenvalue weighted by Crippen LogP contribution is -2.50. The monoisotopic (exact) mass is 449 g/mol. The summed E-state index contributed by atoms with van der Waals surface area (Å²) in [6.07, 6.45) is 6.75. The lowest BCUT2D eigenvalue weighted by molar-refractivity contribution is -0.124. The first-order valence-corrected chi connectivity index (χ1v) is 13.0. The van der Waals surface area contributed by atoms with Crippen molar-refractivity contribution in [2.75, 3.05) is 11.4 Å². The molecule has 1 atom stereocenters. The molecule has 1 unspecified atom stereocenters. The number of nitrogens with one attached hydrogen (secondary N) is 2. The van der Waals surface area contributed by atoms with Crippen LogP contribution in [-0.4, -0.2) is 38.9 Å². The molecule has 31 heavy (non-hydrogen) atoms. The standard InChI is InChI=1S/C23H35N3O4S/c1-4-22(27)26-13-12-17-15-19(10-11-21(17)26)31(29,30)25-20(14-16(2)3)23(28)24-18-8-6-5-7-9-18/h10-11,15-16,18,20,25H,4-9,12-14H2,1-3H3,(H,24,28). The molecule has 8 heteroatoms. The van der Waals surface area contributed by atoms with Crippen LogP contribution in [0.2, 0.25) is 0 Å². The van der Waals surface area contributed by atoms with Crippen LogP contribution >= 0.6 is 0 Å². The summed E-state index contributed by atoms with van der Waals surface area (Å²) < 4.78 is 28.9. The van der Waals surface area contributed by atoms with Crippen molar-refractivity contribution in [1.82, 2.24) is 10.0 Å². The van der Waals surface area contributed by atoms with Gasteiger partial charge in [0.15, 0.2) is 0 Å². The molecule has 0 spiro atoms. The van der Waals surface area contributed by atoms with E-state index in [9.17, 15) is 18.0 Å². The summed E-state index contributed by atoms with van der Waals surface area (Å²) in [5.41, 5.74) is 1.62. The van der Waals surface area contributed by atoms with E-state index in [4.69, 9.17) is 0 Å². The molecule has 1 aliphatic carbocycles. The minimum absolute atomic E-state index is 0.0314. The van der Waals surface area contributed by atoms with E-state index >= 15 is 0 Å². The van der Waals surface area contributed by atoms with Gasteiger partial charge in [-0.1, -0.05) is 40.0 Å². The zero-order valence-corrected chi connectivity index (χ0v) is 19.6. The highest BCUT2D eigenvalue weighted by Crippen LogP contribution is 2.31. The number of benzene rings is 1. The van der Waals surface area contributed by atoms with E-state index in [-0.39, 0.29) is 28.7 Å². The van der Waals surface area contributed by atoms with E-state index in [1.807, 2.05) is 20.8 Å². The zero-order chi connectivity index (χ0) is 22.6. The van der Waals surface area contributed by atoms with Crippen molar-refractivity contribution < 1.29 is 18.0 Å². The molecule has 1 aromatic carbocycles. The average Bonchev–Trinajstić information content (AvgIpc) is 3.16. The van der Waals surface area contributed by atoms with Crippen LogP contribution in [0.5, 0.6) is 0 Å². The highest BCUT2D eigenvalue weighted by atomic mass is 32.2. The topological polar surface area (TPSA) is 95.6 Å². The van der Waals surface area contributed by atoms with Crippen molar-refractivity contribution in [2.24, 2.45) is 5.92 Å². The Hall–Kier alpha value is -1.93. The Morgan fingerprint density at radius 2 is 1.87 bits per heavy atom. The van der Waals surface area contributed by atoms with Gasteiger partial charge in [-0.2, -0.15) is 4.72 Å². The van der Waals surface area contributed by atoms with Crippen molar-refractivity contribution in [3.8, 4) is 0 Å². The molecular weight excluding hydrogens is 414 g/mol. The number of carbonyl (C=O) groups is 2. The normalized spacial score (nSPS) is 18.1. The van der Waals surface area contributed by atoms with Crippen molar-refractivity contribution in [1.29, 1.82) is 0 Å². The lowest BCUT2D eigenvalue weighted by Gasteiger charge is -2.26. The molecule has 1 aromatic rings. The Labute approximate surface area is 186 Å². The fraction of sp³-hybridized carbons (Fsp3) is 0.652. The Morgan fingerprint density at radius 1 is 1.16 bits per heavy atom. The van der Waals surface area contributed by atoms with Gasteiger partial charge in [0.25, 0.3) is 0 Å². The van der Waals surface area contributed by atoms with Crippen LogP contribution < -0.4 is 14.9 Å². The Balaban J connectivity index is 1.76. The fourth-order valence-electron chi connectivity index (χ4n) is 4.48. The van der Waals surface area contributed by atoms with E-state index in [1.54, 1.807) is 17.0 Å². The van der Waals surface area contributed by atoms with Crippen LogP contribution in [0.1, 0.15) is 71.3 Å². The molecule has 1 saturated carbocycles. The Kier molecular flexibility index (Phi) is 7.75. The van der Waals surface area contributed by atoms with Gasteiger partial charge in [-0.05, 0) is 55.4 Å². The first kappa shape index (κ1) is 23.7. The van der Waals surface area contributed by atoms with Gasteiger partial charge in [0.05, 0.1) is 4.90 Å². The zero-order valence-electron chi connectivity index (χ0n) is 18.8. The molecule has 3 rings (SSSR count). The molecule has 172 valence electrons. The first-order valence-electron chi connectivity index (χ1n) is 11.5. The predicted molar refractivity (Wildman–Crippen MR) is 121 cm³/mol. The quantitative estimate of drug-likeness (QED) is 0.637. The maximum atomic E-state index is 13.1. The average molecular weight is 450 g/mol. The van der Waals surface area contributed by atoms with Crippen molar-refractivity contribution in [2.45, 2.75) is 89.1 Å². The van der Waals surface area contributed by atoms with Crippen LogP contribution in [0.15, 0.2) is 23.1 Å². The number of sulfonamides is 1. The van der Waals surface area contributed by atoms with E-state index in [0.29, 0.717) is 25.8 Å². The highest BCUT2D eigenvalue weighted by molar-refractivity contribution is 7.89. The van der Waals surface area contributed by atoms with Crippen LogP contribution in [0.3, 0.4) is 0 Å². The molecule has 0 saturated heterocycles. The summed E-state index contributed by atoms with van der Waals surface area (Å²) in [7, 11) is -3.87. The summed E-state index contributed by atoms with van der Waals surface area (Å²) in [4.78, 5) is 26.9.